The van der Waals surface area contributed by atoms with E-state index >= 15 is 0 Å². The van der Waals surface area contributed by atoms with Crippen molar-refractivity contribution in [3.63, 3.8) is 0 Å². The molecule has 2 N–H and O–H groups in total. The zero-order valence-electron chi connectivity index (χ0n) is 18.9. The highest BCUT2D eigenvalue weighted by Gasteiger charge is 2.37. The molecule has 0 saturated heterocycles. The van der Waals surface area contributed by atoms with Gasteiger partial charge in [0.2, 0.25) is 15.9 Å². The molecule has 0 heterocycles. The van der Waals surface area contributed by atoms with E-state index in [4.69, 9.17) is 11.6 Å². The van der Waals surface area contributed by atoms with Crippen LogP contribution >= 0.6 is 11.6 Å². The van der Waals surface area contributed by atoms with Crippen molar-refractivity contribution in [2.45, 2.75) is 24.4 Å². The molecular formula is C25H26ClN3O4S. The first-order valence-electron chi connectivity index (χ1n) is 10.7. The fourth-order valence-electron chi connectivity index (χ4n) is 3.50. The first kappa shape index (κ1) is 25.4. The second-order valence-corrected chi connectivity index (χ2v) is 9.82. The van der Waals surface area contributed by atoms with Gasteiger partial charge in [-0.1, -0.05) is 54.1 Å². The van der Waals surface area contributed by atoms with Crippen molar-refractivity contribution in [1.82, 2.24) is 14.9 Å². The first-order valence-corrected chi connectivity index (χ1v) is 12.5. The highest BCUT2D eigenvalue weighted by molar-refractivity contribution is 7.89. The van der Waals surface area contributed by atoms with Gasteiger partial charge >= 0.3 is 0 Å². The van der Waals surface area contributed by atoms with Gasteiger partial charge in [-0.15, -0.1) is 0 Å². The summed E-state index contributed by atoms with van der Waals surface area (Å²) in [6.07, 6.45) is 0. The van der Waals surface area contributed by atoms with Crippen LogP contribution in [0, 0.1) is 0 Å². The maximum atomic E-state index is 13.8. The van der Waals surface area contributed by atoms with E-state index in [0.717, 1.165) is 0 Å². The average Bonchev–Trinajstić information content (AvgIpc) is 2.84. The van der Waals surface area contributed by atoms with Crippen molar-refractivity contribution in [2.75, 3.05) is 13.6 Å². The molecule has 1 unspecified atom stereocenters. The molecule has 3 aromatic rings. The Morgan fingerprint density at radius 2 is 1.56 bits per heavy atom. The Labute approximate surface area is 204 Å². The molecule has 0 aromatic heterocycles. The number of hydrogen-bond donors (Lipinski definition) is 2. The fraction of sp³-hybridized carbons (Fsp3) is 0.200. The van der Waals surface area contributed by atoms with Crippen LogP contribution in [0.3, 0.4) is 0 Å². The number of amides is 2. The Bertz CT molecular complexity index is 1230. The second-order valence-electron chi connectivity index (χ2n) is 7.49. The molecular weight excluding hydrogens is 474 g/mol. The van der Waals surface area contributed by atoms with Gasteiger partial charge in [-0.3, -0.25) is 9.59 Å². The molecule has 2 amide bonds. The Morgan fingerprint density at radius 3 is 2.12 bits per heavy atom. The van der Waals surface area contributed by atoms with Gasteiger partial charge in [-0.05, 0) is 54.4 Å². The SMILES string of the molecule is CCNC(=O)C(c1ccccc1)N(Cc1ccc(C(=O)NC)cc1)S(=O)(=O)c1ccc(Cl)cc1. The van der Waals surface area contributed by atoms with Gasteiger partial charge in [-0.2, -0.15) is 4.31 Å². The lowest BCUT2D eigenvalue weighted by atomic mass is 10.0. The number of sulfonamides is 1. The van der Waals surface area contributed by atoms with Crippen LogP contribution in [0.15, 0.2) is 83.8 Å². The van der Waals surface area contributed by atoms with Crippen molar-refractivity contribution in [3.05, 3.63) is 101 Å². The van der Waals surface area contributed by atoms with E-state index in [0.29, 0.717) is 28.3 Å². The third-order valence-electron chi connectivity index (χ3n) is 5.20. The summed E-state index contributed by atoms with van der Waals surface area (Å²) in [5.41, 5.74) is 1.60. The van der Waals surface area contributed by atoms with Gasteiger partial charge in [0.15, 0.2) is 0 Å². The predicted octanol–water partition coefficient (Wildman–Crippen LogP) is 3.77. The first-order chi connectivity index (χ1) is 16.3. The van der Waals surface area contributed by atoms with E-state index < -0.39 is 22.0 Å². The van der Waals surface area contributed by atoms with Crippen LogP contribution in [0.25, 0.3) is 0 Å². The number of rotatable bonds is 9. The Hall–Kier alpha value is -3.20. The molecule has 3 rings (SSSR count). The molecule has 0 saturated carbocycles. The van der Waals surface area contributed by atoms with E-state index in [1.165, 1.54) is 35.6 Å². The lowest BCUT2D eigenvalue weighted by Crippen LogP contribution is -2.43. The molecule has 0 aliphatic heterocycles. The molecule has 34 heavy (non-hydrogen) atoms. The van der Waals surface area contributed by atoms with Gasteiger partial charge in [0.05, 0.1) is 4.90 Å². The minimum Gasteiger partial charge on any atom is -0.355 e. The maximum absolute atomic E-state index is 13.8. The summed E-state index contributed by atoms with van der Waals surface area (Å²) in [6.45, 7) is 2.03. The summed E-state index contributed by atoms with van der Waals surface area (Å²) in [5.74, 6) is -0.685. The average molecular weight is 500 g/mol. The van der Waals surface area contributed by atoms with Crippen molar-refractivity contribution in [3.8, 4) is 0 Å². The number of halogens is 1. The van der Waals surface area contributed by atoms with Crippen molar-refractivity contribution in [2.24, 2.45) is 0 Å². The molecule has 178 valence electrons. The molecule has 0 aliphatic rings. The van der Waals surface area contributed by atoms with Crippen molar-refractivity contribution < 1.29 is 18.0 Å². The molecule has 0 fully saturated rings. The third kappa shape index (κ3) is 5.83. The standard InChI is InChI=1S/C25H26ClN3O4S/c1-3-28-25(31)23(19-7-5-4-6-8-19)29(34(32,33)22-15-13-21(26)14-16-22)17-18-9-11-20(12-10-18)24(30)27-2/h4-16,23H,3,17H2,1-2H3,(H,27,30)(H,28,31). The summed E-state index contributed by atoms with van der Waals surface area (Å²) < 4.78 is 28.8. The van der Waals surface area contributed by atoms with Crippen LogP contribution in [-0.2, 0) is 21.4 Å². The molecule has 0 bridgehead atoms. The number of benzene rings is 3. The van der Waals surface area contributed by atoms with Crippen LogP contribution in [0.1, 0.15) is 34.5 Å². The summed E-state index contributed by atoms with van der Waals surface area (Å²) in [7, 11) is -2.59. The van der Waals surface area contributed by atoms with Gasteiger partial charge in [0.25, 0.3) is 5.91 Å². The lowest BCUT2D eigenvalue weighted by molar-refractivity contribution is -0.125. The van der Waals surface area contributed by atoms with Crippen molar-refractivity contribution in [1.29, 1.82) is 0 Å². The van der Waals surface area contributed by atoms with Crippen LogP contribution < -0.4 is 10.6 Å². The molecule has 0 spiro atoms. The summed E-state index contributed by atoms with van der Waals surface area (Å²) >= 11 is 5.97. The van der Waals surface area contributed by atoms with Crippen LogP contribution in [0.5, 0.6) is 0 Å². The van der Waals surface area contributed by atoms with Crippen LogP contribution in [-0.4, -0.2) is 38.1 Å². The lowest BCUT2D eigenvalue weighted by Gasteiger charge is -2.30. The number of hydrogen-bond acceptors (Lipinski definition) is 4. The fourth-order valence-corrected chi connectivity index (χ4v) is 5.19. The maximum Gasteiger partial charge on any atom is 0.251 e. The van der Waals surface area contributed by atoms with Crippen LogP contribution in [0.2, 0.25) is 5.02 Å². The van der Waals surface area contributed by atoms with E-state index in [1.807, 2.05) is 0 Å². The monoisotopic (exact) mass is 499 g/mol. The molecule has 0 aliphatic carbocycles. The Balaban J connectivity index is 2.12. The normalized spacial score (nSPS) is 12.2. The molecule has 7 nitrogen and oxygen atoms in total. The van der Waals surface area contributed by atoms with Gasteiger partial charge < -0.3 is 10.6 Å². The van der Waals surface area contributed by atoms with Gasteiger partial charge in [0, 0.05) is 30.7 Å². The van der Waals surface area contributed by atoms with E-state index in [9.17, 15) is 18.0 Å². The minimum atomic E-state index is -4.12. The van der Waals surface area contributed by atoms with E-state index in [-0.39, 0.29) is 17.3 Å². The third-order valence-corrected chi connectivity index (χ3v) is 7.28. The largest absolute Gasteiger partial charge is 0.355 e. The number of nitrogens with one attached hydrogen (secondary N) is 2. The highest BCUT2D eigenvalue weighted by atomic mass is 35.5. The zero-order valence-corrected chi connectivity index (χ0v) is 20.4. The van der Waals surface area contributed by atoms with Crippen molar-refractivity contribution >= 4 is 33.4 Å². The number of carbonyl (C=O) groups excluding carboxylic acids is 2. The zero-order chi connectivity index (χ0) is 24.7. The second kappa shape index (κ2) is 11.3. The molecule has 3 aromatic carbocycles. The topological polar surface area (TPSA) is 95.6 Å². The summed E-state index contributed by atoms with van der Waals surface area (Å²) in [5, 5.41) is 5.71. The summed E-state index contributed by atoms with van der Waals surface area (Å²) in [4.78, 5) is 25.1. The number of carbonyl (C=O) groups is 2. The molecule has 1 atom stereocenters. The van der Waals surface area contributed by atoms with Crippen LogP contribution in [0.4, 0.5) is 0 Å². The Morgan fingerprint density at radius 1 is 0.941 bits per heavy atom. The van der Waals surface area contributed by atoms with Gasteiger partial charge in [-0.25, -0.2) is 8.42 Å². The highest BCUT2D eigenvalue weighted by Crippen LogP contribution is 2.31. The van der Waals surface area contributed by atoms with Gasteiger partial charge in [0.1, 0.15) is 6.04 Å². The summed E-state index contributed by atoms with van der Waals surface area (Å²) in [6, 6.07) is 20.0. The predicted molar refractivity (Wildman–Crippen MR) is 132 cm³/mol. The van der Waals surface area contributed by atoms with E-state index in [1.54, 1.807) is 61.5 Å². The number of nitrogens with zero attached hydrogens (tertiary/aromatic N) is 1. The Kier molecular flexibility index (Phi) is 8.44. The quantitative estimate of drug-likeness (QED) is 0.468. The minimum absolute atomic E-state index is 0.0177. The number of likely N-dealkylation sites (N-methyl/N-ethyl adjacent to an activating group) is 1. The smallest absolute Gasteiger partial charge is 0.251 e. The van der Waals surface area contributed by atoms with E-state index in [2.05, 4.69) is 10.6 Å². The molecule has 9 heteroatoms. The molecule has 0 radical (unpaired) electrons.